The maximum Gasteiger partial charge on any atom is 0.335 e. The number of aliphatic hydroxyl groups excluding tert-OH is 1. The SMILES string of the molecule is COC(=O)C1C[C@@H](O)C(OC(C)=O)CO1. The molecule has 1 rings (SSSR count). The predicted octanol–water partition coefficient (Wildman–Crippen LogP) is -0.759. The van der Waals surface area contributed by atoms with Crippen LogP contribution in [-0.4, -0.2) is 49.1 Å². The van der Waals surface area contributed by atoms with Gasteiger partial charge in [-0.2, -0.15) is 0 Å². The molecule has 1 aliphatic rings. The van der Waals surface area contributed by atoms with Gasteiger partial charge in [0.15, 0.2) is 12.2 Å². The number of methoxy groups -OCH3 is 1. The van der Waals surface area contributed by atoms with Crippen LogP contribution in [0.5, 0.6) is 0 Å². The smallest absolute Gasteiger partial charge is 0.335 e. The van der Waals surface area contributed by atoms with Gasteiger partial charge in [0.1, 0.15) is 0 Å². The van der Waals surface area contributed by atoms with E-state index in [0.29, 0.717) is 0 Å². The molecule has 0 saturated carbocycles. The van der Waals surface area contributed by atoms with Crippen molar-refractivity contribution in [2.45, 2.75) is 31.7 Å². The molecule has 86 valence electrons. The lowest BCUT2D eigenvalue weighted by atomic mass is 10.0. The van der Waals surface area contributed by atoms with Crippen molar-refractivity contribution in [3.05, 3.63) is 0 Å². The van der Waals surface area contributed by atoms with Crippen LogP contribution in [0.2, 0.25) is 0 Å². The number of carbonyl (C=O) groups excluding carboxylic acids is 2. The van der Waals surface area contributed by atoms with Gasteiger partial charge in [-0.3, -0.25) is 4.79 Å². The molecule has 1 aliphatic heterocycles. The van der Waals surface area contributed by atoms with E-state index in [2.05, 4.69) is 4.74 Å². The van der Waals surface area contributed by atoms with E-state index in [1.807, 2.05) is 0 Å². The molecular formula is C9H14O6. The summed E-state index contributed by atoms with van der Waals surface area (Å²) in [6.45, 7) is 1.25. The molecule has 1 fully saturated rings. The van der Waals surface area contributed by atoms with Gasteiger partial charge in [-0.05, 0) is 0 Å². The first-order valence-corrected chi connectivity index (χ1v) is 4.59. The van der Waals surface area contributed by atoms with Crippen LogP contribution in [0.25, 0.3) is 0 Å². The van der Waals surface area contributed by atoms with Crippen molar-refractivity contribution >= 4 is 11.9 Å². The van der Waals surface area contributed by atoms with E-state index in [1.165, 1.54) is 14.0 Å². The Labute approximate surface area is 87.1 Å². The Kier molecular flexibility index (Phi) is 4.05. The highest BCUT2D eigenvalue weighted by Crippen LogP contribution is 2.18. The summed E-state index contributed by atoms with van der Waals surface area (Å²) in [4.78, 5) is 21.7. The molecule has 0 amide bonds. The van der Waals surface area contributed by atoms with Gasteiger partial charge in [-0.1, -0.05) is 0 Å². The second-order valence-corrected chi connectivity index (χ2v) is 3.30. The van der Waals surface area contributed by atoms with Gasteiger partial charge in [0.2, 0.25) is 0 Å². The second-order valence-electron chi connectivity index (χ2n) is 3.30. The Hall–Kier alpha value is -1.14. The molecule has 6 nitrogen and oxygen atoms in total. The lowest BCUT2D eigenvalue weighted by molar-refractivity contribution is -0.184. The molecule has 0 aromatic carbocycles. The molecule has 1 heterocycles. The van der Waals surface area contributed by atoms with Crippen molar-refractivity contribution in [2.75, 3.05) is 13.7 Å². The van der Waals surface area contributed by atoms with Gasteiger partial charge in [0.05, 0.1) is 19.8 Å². The van der Waals surface area contributed by atoms with Crippen LogP contribution in [0.15, 0.2) is 0 Å². The summed E-state index contributed by atoms with van der Waals surface area (Å²) in [5, 5.41) is 9.57. The van der Waals surface area contributed by atoms with Crippen LogP contribution in [0.1, 0.15) is 13.3 Å². The lowest BCUT2D eigenvalue weighted by Crippen LogP contribution is -2.46. The first kappa shape index (κ1) is 11.9. The first-order chi connectivity index (χ1) is 7.04. The van der Waals surface area contributed by atoms with E-state index in [4.69, 9.17) is 9.47 Å². The number of hydrogen-bond acceptors (Lipinski definition) is 6. The van der Waals surface area contributed by atoms with Crippen molar-refractivity contribution < 1.29 is 28.9 Å². The Bertz CT molecular complexity index is 251. The van der Waals surface area contributed by atoms with Crippen LogP contribution >= 0.6 is 0 Å². The molecule has 15 heavy (non-hydrogen) atoms. The summed E-state index contributed by atoms with van der Waals surface area (Å²) >= 11 is 0. The van der Waals surface area contributed by atoms with E-state index in [1.54, 1.807) is 0 Å². The monoisotopic (exact) mass is 218 g/mol. The number of ether oxygens (including phenoxy) is 3. The summed E-state index contributed by atoms with van der Waals surface area (Å²) in [5.74, 6) is -1.02. The molecule has 0 spiro atoms. The first-order valence-electron chi connectivity index (χ1n) is 4.59. The Morgan fingerprint density at radius 3 is 2.60 bits per heavy atom. The van der Waals surface area contributed by atoms with Gasteiger partial charge < -0.3 is 19.3 Å². The maximum absolute atomic E-state index is 11.1. The summed E-state index contributed by atoms with van der Waals surface area (Å²) < 4.78 is 14.4. The Morgan fingerprint density at radius 1 is 1.47 bits per heavy atom. The maximum atomic E-state index is 11.1. The molecule has 0 aromatic heterocycles. The molecule has 1 saturated heterocycles. The molecular weight excluding hydrogens is 204 g/mol. The number of esters is 2. The third-order valence-corrected chi connectivity index (χ3v) is 2.13. The zero-order valence-electron chi connectivity index (χ0n) is 8.63. The third kappa shape index (κ3) is 3.17. The lowest BCUT2D eigenvalue weighted by Gasteiger charge is -2.31. The average Bonchev–Trinajstić information content (AvgIpc) is 2.19. The minimum atomic E-state index is -0.897. The number of rotatable bonds is 2. The van der Waals surface area contributed by atoms with Crippen molar-refractivity contribution in [1.82, 2.24) is 0 Å². The Balaban J connectivity index is 2.47. The van der Waals surface area contributed by atoms with Crippen molar-refractivity contribution in [2.24, 2.45) is 0 Å². The summed E-state index contributed by atoms with van der Waals surface area (Å²) in [6.07, 6.45) is -2.31. The van der Waals surface area contributed by atoms with E-state index in [-0.39, 0.29) is 13.0 Å². The highest BCUT2D eigenvalue weighted by molar-refractivity contribution is 5.74. The number of carbonyl (C=O) groups is 2. The minimum absolute atomic E-state index is 0.000509. The predicted molar refractivity (Wildman–Crippen MR) is 47.9 cm³/mol. The van der Waals surface area contributed by atoms with E-state index >= 15 is 0 Å². The van der Waals surface area contributed by atoms with Crippen molar-refractivity contribution in [3.8, 4) is 0 Å². The van der Waals surface area contributed by atoms with E-state index in [9.17, 15) is 14.7 Å². The van der Waals surface area contributed by atoms with E-state index < -0.39 is 30.3 Å². The second kappa shape index (κ2) is 5.09. The highest BCUT2D eigenvalue weighted by atomic mass is 16.6. The molecule has 3 atom stereocenters. The topological polar surface area (TPSA) is 82.1 Å². The van der Waals surface area contributed by atoms with Gasteiger partial charge in [0, 0.05) is 13.3 Å². The minimum Gasteiger partial charge on any atom is -0.467 e. The van der Waals surface area contributed by atoms with E-state index in [0.717, 1.165) is 0 Å². The summed E-state index contributed by atoms with van der Waals surface area (Å²) in [7, 11) is 1.25. The third-order valence-electron chi connectivity index (χ3n) is 2.13. The fourth-order valence-electron chi connectivity index (χ4n) is 1.38. The van der Waals surface area contributed by atoms with Gasteiger partial charge >= 0.3 is 11.9 Å². The highest BCUT2D eigenvalue weighted by Gasteiger charge is 2.35. The van der Waals surface area contributed by atoms with Gasteiger partial charge in [-0.15, -0.1) is 0 Å². The largest absolute Gasteiger partial charge is 0.467 e. The molecule has 2 unspecified atom stereocenters. The Morgan fingerprint density at radius 2 is 2.13 bits per heavy atom. The summed E-state index contributed by atoms with van der Waals surface area (Å²) in [6, 6.07) is 0. The van der Waals surface area contributed by atoms with Crippen LogP contribution in [0.4, 0.5) is 0 Å². The zero-order valence-corrected chi connectivity index (χ0v) is 8.63. The van der Waals surface area contributed by atoms with Crippen LogP contribution in [0.3, 0.4) is 0 Å². The van der Waals surface area contributed by atoms with Gasteiger partial charge in [-0.25, -0.2) is 4.79 Å². The molecule has 1 N–H and O–H groups in total. The number of hydrogen-bond donors (Lipinski definition) is 1. The molecule has 0 aliphatic carbocycles. The normalized spacial score (nSPS) is 30.7. The van der Waals surface area contributed by atoms with Gasteiger partial charge in [0.25, 0.3) is 0 Å². The van der Waals surface area contributed by atoms with Crippen LogP contribution in [-0.2, 0) is 23.8 Å². The fraction of sp³-hybridized carbons (Fsp3) is 0.778. The number of aliphatic hydroxyl groups is 1. The fourth-order valence-corrected chi connectivity index (χ4v) is 1.38. The zero-order chi connectivity index (χ0) is 11.4. The molecule has 6 heteroatoms. The summed E-state index contributed by atoms with van der Waals surface area (Å²) in [5.41, 5.74) is 0. The molecule has 0 aromatic rings. The average molecular weight is 218 g/mol. The standard InChI is InChI=1S/C9H14O6/c1-5(10)15-8-4-14-7(3-6(8)11)9(12)13-2/h6-8,11H,3-4H2,1-2H3/t6-,7?,8?/m1/s1. The van der Waals surface area contributed by atoms with Crippen LogP contribution in [0, 0.1) is 0 Å². The molecule has 0 bridgehead atoms. The van der Waals surface area contributed by atoms with Crippen molar-refractivity contribution in [1.29, 1.82) is 0 Å². The molecule has 0 radical (unpaired) electrons. The van der Waals surface area contributed by atoms with Crippen LogP contribution < -0.4 is 0 Å². The van der Waals surface area contributed by atoms with Crippen molar-refractivity contribution in [3.63, 3.8) is 0 Å². The quantitative estimate of drug-likeness (QED) is 0.613.